The van der Waals surface area contributed by atoms with Gasteiger partial charge in [0.1, 0.15) is 13.1 Å². The quantitative estimate of drug-likeness (QED) is 0.472. The summed E-state index contributed by atoms with van der Waals surface area (Å²) in [6, 6.07) is 2.07. The molecular weight excluding hydrogens is 345 g/mol. The topological polar surface area (TPSA) is 30.7 Å². The lowest BCUT2D eigenvalue weighted by Crippen LogP contribution is -3.00. The first-order chi connectivity index (χ1) is 8.33. The molecule has 1 aromatic carbocycles. The fourth-order valence-electron chi connectivity index (χ4n) is 2.39. The third-order valence-corrected chi connectivity index (χ3v) is 3.33. The van der Waals surface area contributed by atoms with E-state index in [1.165, 1.54) is 5.56 Å². The zero-order chi connectivity index (χ0) is 11.8. The van der Waals surface area contributed by atoms with Gasteiger partial charge in [0.2, 0.25) is 12.5 Å². The predicted octanol–water partition coefficient (Wildman–Crippen LogP) is -1.56. The number of halogens is 1. The van der Waals surface area contributed by atoms with Crippen LogP contribution in [-0.2, 0) is 6.42 Å². The monoisotopic (exact) mass is 361 g/mol. The van der Waals surface area contributed by atoms with Crippen LogP contribution in [0.25, 0.3) is 0 Å². The highest BCUT2D eigenvalue weighted by molar-refractivity contribution is 5.86. The van der Waals surface area contributed by atoms with Gasteiger partial charge in [-0.1, -0.05) is 0 Å². The maximum absolute atomic E-state index is 5.49. The van der Waals surface area contributed by atoms with E-state index in [-0.39, 0.29) is 30.8 Å². The molecule has 0 saturated heterocycles. The minimum absolute atomic E-state index is 0. The summed E-state index contributed by atoms with van der Waals surface area (Å²) in [7, 11) is 1.68. The van der Waals surface area contributed by atoms with Crippen molar-refractivity contribution in [3.05, 3.63) is 17.2 Å². The SMILES string of the molecule is CC[N+]1=Cc2c(cc3c(c2OC)OCO3)CC1.[I-]. The number of fused-ring (bicyclic) bond motifs is 2. The van der Waals surface area contributed by atoms with Crippen molar-refractivity contribution in [2.75, 3.05) is 27.0 Å². The summed E-state index contributed by atoms with van der Waals surface area (Å²) < 4.78 is 18.7. The van der Waals surface area contributed by atoms with Crippen LogP contribution in [0.15, 0.2) is 6.07 Å². The van der Waals surface area contributed by atoms with Crippen molar-refractivity contribution in [2.24, 2.45) is 0 Å². The van der Waals surface area contributed by atoms with Crippen molar-refractivity contribution in [1.29, 1.82) is 0 Å². The Morgan fingerprint density at radius 2 is 2.22 bits per heavy atom. The van der Waals surface area contributed by atoms with Crippen LogP contribution in [0.5, 0.6) is 17.2 Å². The number of hydrogen-bond acceptors (Lipinski definition) is 3. The molecule has 2 heterocycles. The fraction of sp³-hybridized carbons (Fsp3) is 0.462. The summed E-state index contributed by atoms with van der Waals surface area (Å²) in [4.78, 5) is 0. The molecule has 98 valence electrons. The Morgan fingerprint density at radius 1 is 1.39 bits per heavy atom. The van der Waals surface area contributed by atoms with Crippen LogP contribution in [0.4, 0.5) is 0 Å². The molecule has 2 aliphatic heterocycles. The zero-order valence-corrected chi connectivity index (χ0v) is 12.7. The molecule has 18 heavy (non-hydrogen) atoms. The molecule has 0 bridgehead atoms. The minimum Gasteiger partial charge on any atom is -1.00 e. The Hall–Kier alpha value is -0.980. The van der Waals surface area contributed by atoms with E-state index in [9.17, 15) is 0 Å². The van der Waals surface area contributed by atoms with Gasteiger partial charge < -0.3 is 38.2 Å². The van der Waals surface area contributed by atoms with Gasteiger partial charge in [0.15, 0.2) is 17.7 Å². The molecule has 0 amide bonds. The normalized spacial score (nSPS) is 15.6. The number of methoxy groups -OCH3 is 1. The van der Waals surface area contributed by atoms with Crippen molar-refractivity contribution in [1.82, 2.24) is 0 Å². The highest BCUT2D eigenvalue weighted by Crippen LogP contribution is 2.44. The van der Waals surface area contributed by atoms with Crippen LogP contribution in [0.2, 0.25) is 0 Å². The van der Waals surface area contributed by atoms with E-state index in [0.29, 0.717) is 0 Å². The predicted molar refractivity (Wildman–Crippen MR) is 63.7 cm³/mol. The average Bonchev–Trinajstić information content (AvgIpc) is 2.82. The molecule has 0 radical (unpaired) electrons. The van der Waals surface area contributed by atoms with E-state index in [0.717, 1.165) is 42.3 Å². The molecule has 3 rings (SSSR count). The lowest BCUT2D eigenvalue weighted by molar-refractivity contribution is -0.520. The van der Waals surface area contributed by atoms with E-state index in [1.54, 1.807) is 7.11 Å². The third kappa shape index (κ3) is 2.04. The van der Waals surface area contributed by atoms with Crippen molar-refractivity contribution in [3.8, 4) is 17.2 Å². The molecule has 0 aliphatic carbocycles. The lowest BCUT2D eigenvalue weighted by Gasteiger charge is -2.16. The van der Waals surface area contributed by atoms with Crippen LogP contribution in [-0.4, -0.2) is 37.8 Å². The van der Waals surface area contributed by atoms with Crippen LogP contribution >= 0.6 is 0 Å². The summed E-state index contributed by atoms with van der Waals surface area (Å²) in [5.41, 5.74) is 2.40. The van der Waals surface area contributed by atoms with Crippen molar-refractivity contribution < 1.29 is 42.8 Å². The van der Waals surface area contributed by atoms with E-state index >= 15 is 0 Å². The molecule has 0 atom stereocenters. The number of rotatable bonds is 2. The third-order valence-electron chi connectivity index (χ3n) is 3.33. The number of benzene rings is 1. The molecule has 0 unspecified atom stereocenters. The Balaban J connectivity index is 0.00000120. The van der Waals surface area contributed by atoms with E-state index in [4.69, 9.17) is 14.2 Å². The van der Waals surface area contributed by atoms with Gasteiger partial charge in [0, 0.05) is 6.42 Å². The van der Waals surface area contributed by atoms with Crippen LogP contribution in [0.3, 0.4) is 0 Å². The van der Waals surface area contributed by atoms with Gasteiger partial charge in [0.25, 0.3) is 0 Å². The van der Waals surface area contributed by atoms with Crippen LogP contribution in [0.1, 0.15) is 18.1 Å². The van der Waals surface area contributed by atoms with E-state index < -0.39 is 0 Å². The van der Waals surface area contributed by atoms with Crippen LogP contribution in [0, 0.1) is 0 Å². The summed E-state index contributed by atoms with van der Waals surface area (Å²) in [5, 5.41) is 0. The smallest absolute Gasteiger partial charge is 0.231 e. The summed E-state index contributed by atoms with van der Waals surface area (Å²) >= 11 is 0. The van der Waals surface area contributed by atoms with Gasteiger partial charge in [-0.3, -0.25) is 0 Å². The second kappa shape index (κ2) is 5.34. The summed E-state index contributed by atoms with van der Waals surface area (Å²) in [6.07, 6.45) is 3.17. The first-order valence-corrected chi connectivity index (χ1v) is 5.92. The maximum Gasteiger partial charge on any atom is 0.231 e. The fourth-order valence-corrected chi connectivity index (χ4v) is 2.39. The van der Waals surface area contributed by atoms with Gasteiger partial charge >= 0.3 is 0 Å². The highest BCUT2D eigenvalue weighted by atomic mass is 127. The van der Waals surface area contributed by atoms with E-state index in [2.05, 4.69) is 23.8 Å². The van der Waals surface area contributed by atoms with Gasteiger partial charge in [-0.05, 0) is 18.6 Å². The zero-order valence-electron chi connectivity index (χ0n) is 10.5. The molecule has 2 aliphatic rings. The van der Waals surface area contributed by atoms with Crippen LogP contribution < -0.4 is 38.2 Å². The van der Waals surface area contributed by atoms with Crippen molar-refractivity contribution >= 4 is 6.21 Å². The standard InChI is InChI=1S/C13H16NO3.HI/c1-3-14-5-4-9-6-11-13(17-8-16-11)12(15-2)10(9)7-14;/h6-7H,3-5,8H2,1-2H3;1H/q+1;/p-1. The molecule has 0 N–H and O–H groups in total. The Kier molecular flexibility index (Phi) is 3.99. The van der Waals surface area contributed by atoms with Gasteiger partial charge in [0.05, 0.1) is 12.7 Å². The number of ether oxygens (including phenoxy) is 3. The lowest BCUT2D eigenvalue weighted by atomic mass is 10.00. The molecular formula is C13H16INO3. The first kappa shape index (κ1) is 13.5. The Bertz CT molecular complexity index is 499. The van der Waals surface area contributed by atoms with Crippen molar-refractivity contribution in [2.45, 2.75) is 13.3 Å². The highest BCUT2D eigenvalue weighted by Gasteiger charge is 2.28. The summed E-state index contributed by atoms with van der Waals surface area (Å²) in [6.45, 7) is 4.50. The van der Waals surface area contributed by atoms with Gasteiger partial charge in [-0.25, -0.2) is 4.58 Å². The minimum atomic E-state index is 0. The second-order valence-corrected chi connectivity index (χ2v) is 4.22. The summed E-state index contributed by atoms with van der Waals surface area (Å²) in [5.74, 6) is 2.34. The number of likely N-dealkylation sites (N-methyl/N-ethyl adjacent to an activating group) is 1. The number of nitrogens with zero attached hydrogens (tertiary/aromatic N) is 1. The average molecular weight is 361 g/mol. The largest absolute Gasteiger partial charge is 1.00 e. The maximum atomic E-state index is 5.49. The molecule has 5 heteroatoms. The molecule has 0 saturated carbocycles. The number of hydrogen-bond donors (Lipinski definition) is 0. The first-order valence-electron chi connectivity index (χ1n) is 5.92. The van der Waals surface area contributed by atoms with Gasteiger partial charge in [-0.2, -0.15) is 0 Å². The molecule has 0 fully saturated rings. The van der Waals surface area contributed by atoms with Crippen molar-refractivity contribution in [3.63, 3.8) is 0 Å². The Morgan fingerprint density at radius 3 is 2.94 bits per heavy atom. The molecule has 4 nitrogen and oxygen atoms in total. The Labute approximate surface area is 124 Å². The second-order valence-electron chi connectivity index (χ2n) is 4.22. The molecule has 1 aromatic rings. The molecule has 0 aromatic heterocycles. The van der Waals surface area contributed by atoms with E-state index in [1.807, 2.05) is 0 Å². The van der Waals surface area contributed by atoms with Gasteiger partial charge in [-0.15, -0.1) is 0 Å². The molecule has 0 spiro atoms.